The van der Waals surface area contributed by atoms with Gasteiger partial charge in [-0.25, -0.2) is 0 Å². The van der Waals surface area contributed by atoms with Gasteiger partial charge in [-0.1, -0.05) is 44.4 Å². The number of hydrogen-bond donors (Lipinski definition) is 0. The number of benzene rings is 1. The van der Waals surface area contributed by atoms with Gasteiger partial charge in [-0.3, -0.25) is 0 Å². The normalized spacial score (nSPS) is 12.5. The maximum atomic E-state index is 5.77. The van der Waals surface area contributed by atoms with Gasteiger partial charge < -0.3 is 4.74 Å². The summed E-state index contributed by atoms with van der Waals surface area (Å²) in [5, 5.41) is 0. The van der Waals surface area contributed by atoms with Gasteiger partial charge in [-0.05, 0) is 31.4 Å². The molecule has 0 spiro atoms. The molecular weight excluding hydrogens is 184 g/mol. The molecule has 0 bridgehead atoms. The first-order valence-electron chi connectivity index (χ1n) is 5.95. The molecule has 0 N–H and O–H groups in total. The number of rotatable bonds is 6. The van der Waals surface area contributed by atoms with E-state index in [4.69, 9.17) is 4.74 Å². The van der Waals surface area contributed by atoms with Crippen LogP contribution >= 0.6 is 0 Å². The zero-order valence-corrected chi connectivity index (χ0v) is 10.1. The lowest BCUT2D eigenvalue weighted by Gasteiger charge is -2.14. The van der Waals surface area contributed by atoms with E-state index in [1.807, 2.05) is 12.1 Å². The van der Waals surface area contributed by atoms with Crippen LogP contribution in [0.15, 0.2) is 24.3 Å². The highest BCUT2D eigenvalue weighted by Gasteiger charge is 2.05. The van der Waals surface area contributed by atoms with Crippen LogP contribution in [0.2, 0.25) is 0 Å². The minimum atomic E-state index is 0.705. The summed E-state index contributed by atoms with van der Waals surface area (Å²) in [6, 6.07) is 8.29. The molecule has 0 aliphatic carbocycles. The van der Waals surface area contributed by atoms with Crippen molar-refractivity contribution in [2.45, 2.75) is 40.0 Å². The van der Waals surface area contributed by atoms with Gasteiger partial charge in [0.25, 0.3) is 0 Å². The topological polar surface area (TPSA) is 9.23 Å². The van der Waals surface area contributed by atoms with E-state index in [-0.39, 0.29) is 0 Å². The summed E-state index contributed by atoms with van der Waals surface area (Å²) >= 11 is 0. The fourth-order valence-corrected chi connectivity index (χ4v) is 1.66. The Hall–Kier alpha value is -0.980. The Balaban J connectivity index is 2.38. The summed E-state index contributed by atoms with van der Waals surface area (Å²) in [5.41, 5.74) is 1.28. The van der Waals surface area contributed by atoms with Crippen molar-refractivity contribution in [3.63, 3.8) is 0 Å². The third-order valence-electron chi connectivity index (χ3n) is 2.78. The van der Waals surface area contributed by atoms with E-state index in [2.05, 4.69) is 32.9 Å². The van der Waals surface area contributed by atoms with Crippen molar-refractivity contribution >= 4 is 0 Å². The minimum absolute atomic E-state index is 0.705. The van der Waals surface area contributed by atoms with Crippen LogP contribution in [0, 0.1) is 12.8 Å². The zero-order valence-electron chi connectivity index (χ0n) is 10.1. The Labute approximate surface area is 93.5 Å². The average Bonchev–Trinajstić information content (AvgIpc) is 2.26. The third kappa shape index (κ3) is 4.37. The van der Waals surface area contributed by atoms with Gasteiger partial charge in [0, 0.05) is 0 Å². The van der Waals surface area contributed by atoms with Crippen LogP contribution in [0.4, 0.5) is 0 Å². The molecule has 0 aliphatic rings. The lowest BCUT2D eigenvalue weighted by atomic mass is 10.0. The minimum Gasteiger partial charge on any atom is -0.493 e. The smallest absolute Gasteiger partial charge is 0.119 e. The molecule has 0 heterocycles. The number of hydrogen-bond acceptors (Lipinski definition) is 1. The van der Waals surface area contributed by atoms with Crippen molar-refractivity contribution in [1.29, 1.82) is 0 Å². The quantitative estimate of drug-likeness (QED) is 0.677. The SMILES string of the molecule is CCCC(CC)COc1ccc(C)cc1. The first-order chi connectivity index (χ1) is 7.26. The molecule has 1 aromatic rings. The van der Waals surface area contributed by atoms with Gasteiger partial charge in [-0.2, -0.15) is 0 Å². The Bertz CT molecular complexity index is 263. The van der Waals surface area contributed by atoms with Crippen LogP contribution in [0.3, 0.4) is 0 Å². The predicted molar refractivity (Wildman–Crippen MR) is 65.4 cm³/mol. The van der Waals surface area contributed by atoms with Crippen molar-refractivity contribution in [3.8, 4) is 5.75 Å². The van der Waals surface area contributed by atoms with E-state index >= 15 is 0 Å². The molecule has 0 radical (unpaired) electrons. The van der Waals surface area contributed by atoms with Crippen LogP contribution < -0.4 is 4.74 Å². The molecule has 0 aliphatic heterocycles. The second-order valence-electron chi connectivity index (χ2n) is 4.19. The molecule has 0 amide bonds. The fourth-order valence-electron chi connectivity index (χ4n) is 1.66. The van der Waals surface area contributed by atoms with Gasteiger partial charge in [0.15, 0.2) is 0 Å². The van der Waals surface area contributed by atoms with Crippen molar-refractivity contribution < 1.29 is 4.74 Å². The van der Waals surface area contributed by atoms with E-state index in [1.54, 1.807) is 0 Å². The summed E-state index contributed by atoms with van der Waals surface area (Å²) in [5.74, 6) is 1.70. The summed E-state index contributed by atoms with van der Waals surface area (Å²) < 4.78 is 5.77. The third-order valence-corrected chi connectivity index (χ3v) is 2.78. The molecule has 0 saturated heterocycles. The van der Waals surface area contributed by atoms with Gasteiger partial charge >= 0.3 is 0 Å². The zero-order chi connectivity index (χ0) is 11.1. The van der Waals surface area contributed by atoms with E-state index in [0.29, 0.717) is 5.92 Å². The summed E-state index contributed by atoms with van der Waals surface area (Å²) in [4.78, 5) is 0. The molecule has 1 nitrogen and oxygen atoms in total. The number of ether oxygens (including phenoxy) is 1. The van der Waals surface area contributed by atoms with E-state index in [0.717, 1.165) is 12.4 Å². The molecule has 1 unspecified atom stereocenters. The van der Waals surface area contributed by atoms with E-state index < -0.39 is 0 Å². The highest BCUT2D eigenvalue weighted by Crippen LogP contribution is 2.16. The van der Waals surface area contributed by atoms with E-state index in [9.17, 15) is 0 Å². The second-order valence-corrected chi connectivity index (χ2v) is 4.19. The molecule has 15 heavy (non-hydrogen) atoms. The Morgan fingerprint density at radius 3 is 2.33 bits per heavy atom. The lowest BCUT2D eigenvalue weighted by Crippen LogP contribution is -2.10. The molecule has 1 atom stereocenters. The van der Waals surface area contributed by atoms with Gasteiger partial charge in [0.1, 0.15) is 5.75 Å². The molecule has 1 rings (SSSR count). The Morgan fingerprint density at radius 2 is 1.80 bits per heavy atom. The van der Waals surface area contributed by atoms with E-state index in [1.165, 1.54) is 24.8 Å². The summed E-state index contributed by atoms with van der Waals surface area (Å²) in [6.07, 6.45) is 3.72. The van der Waals surface area contributed by atoms with Gasteiger partial charge in [0.2, 0.25) is 0 Å². The van der Waals surface area contributed by atoms with Crippen LogP contribution in [0.5, 0.6) is 5.75 Å². The molecule has 0 saturated carbocycles. The molecule has 0 aromatic heterocycles. The van der Waals surface area contributed by atoms with Crippen LogP contribution in [-0.2, 0) is 0 Å². The van der Waals surface area contributed by atoms with Crippen molar-refractivity contribution in [3.05, 3.63) is 29.8 Å². The highest BCUT2D eigenvalue weighted by atomic mass is 16.5. The Morgan fingerprint density at radius 1 is 1.13 bits per heavy atom. The molecule has 84 valence electrons. The number of aryl methyl sites for hydroxylation is 1. The maximum Gasteiger partial charge on any atom is 0.119 e. The second kappa shape index (κ2) is 6.49. The maximum absolute atomic E-state index is 5.77. The van der Waals surface area contributed by atoms with Crippen LogP contribution in [0.25, 0.3) is 0 Å². The van der Waals surface area contributed by atoms with Gasteiger partial charge in [0.05, 0.1) is 6.61 Å². The molecule has 0 fully saturated rings. The van der Waals surface area contributed by atoms with Crippen LogP contribution in [-0.4, -0.2) is 6.61 Å². The summed E-state index contributed by atoms with van der Waals surface area (Å²) in [7, 11) is 0. The standard InChI is InChI=1S/C14H22O/c1-4-6-13(5-2)11-15-14-9-7-12(3)8-10-14/h7-10,13H,4-6,11H2,1-3H3. The largest absolute Gasteiger partial charge is 0.493 e. The van der Waals surface area contributed by atoms with Crippen molar-refractivity contribution in [1.82, 2.24) is 0 Å². The first kappa shape index (κ1) is 12.1. The van der Waals surface area contributed by atoms with Crippen molar-refractivity contribution in [2.75, 3.05) is 6.61 Å². The monoisotopic (exact) mass is 206 g/mol. The summed E-state index contributed by atoms with van der Waals surface area (Å²) in [6.45, 7) is 7.41. The Kier molecular flexibility index (Phi) is 5.23. The van der Waals surface area contributed by atoms with Crippen molar-refractivity contribution in [2.24, 2.45) is 5.92 Å². The molecule has 1 aromatic carbocycles. The fraction of sp³-hybridized carbons (Fsp3) is 0.571. The lowest BCUT2D eigenvalue weighted by molar-refractivity contribution is 0.235. The highest BCUT2D eigenvalue weighted by molar-refractivity contribution is 5.26. The molecular formula is C14H22O. The predicted octanol–water partition coefficient (Wildman–Crippen LogP) is 4.20. The molecule has 1 heteroatoms. The first-order valence-corrected chi connectivity index (χ1v) is 5.95. The van der Waals surface area contributed by atoms with Crippen LogP contribution in [0.1, 0.15) is 38.7 Å². The average molecular weight is 206 g/mol. The van der Waals surface area contributed by atoms with Gasteiger partial charge in [-0.15, -0.1) is 0 Å².